The van der Waals surface area contributed by atoms with Gasteiger partial charge in [-0.2, -0.15) is 0 Å². The van der Waals surface area contributed by atoms with Crippen molar-refractivity contribution in [3.8, 4) is 22.4 Å². The summed E-state index contributed by atoms with van der Waals surface area (Å²) in [5.41, 5.74) is 4.80. The second-order valence-corrected chi connectivity index (χ2v) is 7.48. The van der Waals surface area contributed by atoms with E-state index >= 15 is 0 Å². The van der Waals surface area contributed by atoms with Crippen molar-refractivity contribution in [2.24, 2.45) is 0 Å². The van der Waals surface area contributed by atoms with Crippen molar-refractivity contribution in [2.45, 2.75) is 25.8 Å². The van der Waals surface area contributed by atoms with Crippen LogP contribution in [-0.2, 0) is 4.79 Å². The molecule has 1 fully saturated rings. The normalized spacial score (nSPS) is 15.8. The molecular formula is C24H23N3O3. The number of nitrogens with one attached hydrogen (secondary N) is 1. The van der Waals surface area contributed by atoms with Crippen LogP contribution >= 0.6 is 0 Å². The number of hydrogen-bond acceptors (Lipinski definition) is 3. The molecule has 0 spiro atoms. The minimum absolute atomic E-state index is 0.345. The van der Waals surface area contributed by atoms with Gasteiger partial charge in [-0.3, -0.25) is 9.69 Å². The first kappa shape index (κ1) is 19.6. The number of nitrogens with zero attached hydrogens (tertiary/aromatic N) is 2. The second-order valence-electron chi connectivity index (χ2n) is 7.48. The number of rotatable bonds is 4. The first-order chi connectivity index (χ1) is 14.5. The molecule has 6 heteroatoms. The van der Waals surface area contributed by atoms with E-state index in [0.29, 0.717) is 25.2 Å². The summed E-state index contributed by atoms with van der Waals surface area (Å²) in [6.45, 7) is 2.41. The van der Waals surface area contributed by atoms with Crippen LogP contribution in [0.1, 0.15) is 18.4 Å². The Balaban J connectivity index is 1.70. The number of anilines is 1. The molecule has 2 aromatic carbocycles. The molecule has 152 valence electrons. The molecular weight excluding hydrogens is 378 g/mol. The molecule has 1 saturated heterocycles. The lowest BCUT2D eigenvalue weighted by Crippen LogP contribution is -2.42. The standard InChI is InChI=1S/C24H23N3O3/c1-16-9-11-17(12-10-16)19-14-20(18-6-3-2-4-7-18)25-22(15-19)26-23(28)21-8-5-13-27(21)24(29)30/h2-4,6-7,9-12,14-15,21H,5,8,13H2,1H3,(H,29,30)(H,25,26,28)/t21-/m0/s1. The average Bonchev–Trinajstić information content (AvgIpc) is 3.25. The first-order valence-corrected chi connectivity index (χ1v) is 9.96. The Morgan fingerprint density at radius 1 is 1.00 bits per heavy atom. The summed E-state index contributed by atoms with van der Waals surface area (Å²) < 4.78 is 0. The Morgan fingerprint density at radius 2 is 1.73 bits per heavy atom. The fraction of sp³-hybridized carbons (Fsp3) is 0.208. The van der Waals surface area contributed by atoms with Crippen molar-refractivity contribution in [1.82, 2.24) is 9.88 Å². The molecule has 1 aromatic heterocycles. The summed E-state index contributed by atoms with van der Waals surface area (Å²) in [5, 5.41) is 12.2. The van der Waals surface area contributed by atoms with E-state index in [2.05, 4.69) is 10.3 Å². The molecule has 2 N–H and O–H groups in total. The van der Waals surface area contributed by atoms with Gasteiger partial charge in [-0.15, -0.1) is 0 Å². The van der Waals surface area contributed by atoms with E-state index in [4.69, 9.17) is 0 Å². The SMILES string of the molecule is Cc1ccc(-c2cc(NC(=O)[C@@H]3CCCN3C(=O)O)nc(-c3ccccc3)c2)cc1. The Hall–Kier alpha value is -3.67. The molecule has 3 aromatic rings. The number of carbonyl (C=O) groups is 2. The van der Waals surface area contributed by atoms with Crippen LogP contribution in [0.5, 0.6) is 0 Å². The first-order valence-electron chi connectivity index (χ1n) is 9.96. The largest absolute Gasteiger partial charge is 0.465 e. The average molecular weight is 401 g/mol. The van der Waals surface area contributed by atoms with Crippen molar-refractivity contribution in [1.29, 1.82) is 0 Å². The molecule has 0 radical (unpaired) electrons. The van der Waals surface area contributed by atoms with Crippen LogP contribution in [0, 0.1) is 6.92 Å². The highest BCUT2D eigenvalue weighted by Gasteiger charge is 2.34. The molecule has 1 atom stereocenters. The number of pyridine rings is 1. The van der Waals surface area contributed by atoms with Gasteiger partial charge < -0.3 is 10.4 Å². The van der Waals surface area contributed by atoms with Gasteiger partial charge in [-0.25, -0.2) is 9.78 Å². The van der Waals surface area contributed by atoms with Crippen LogP contribution < -0.4 is 5.32 Å². The van der Waals surface area contributed by atoms with E-state index in [1.807, 2.05) is 73.7 Å². The van der Waals surface area contributed by atoms with Gasteiger partial charge in [-0.05, 0) is 43.0 Å². The molecule has 0 unspecified atom stereocenters. The monoisotopic (exact) mass is 401 g/mol. The zero-order valence-corrected chi connectivity index (χ0v) is 16.7. The van der Waals surface area contributed by atoms with Crippen LogP contribution in [0.15, 0.2) is 66.7 Å². The van der Waals surface area contributed by atoms with Gasteiger partial charge in [0.2, 0.25) is 5.91 Å². The predicted molar refractivity (Wildman–Crippen MR) is 116 cm³/mol. The third kappa shape index (κ3) is 4.17. The van der Waals surface area contributed by atoms with Crippen molar-refractivity contribution in [3.63, 3.8) is 0 Å². The number of carboxylic acid groups (broad SMARTS) is 1. The molecule has 0 bridgehead atoms. The highest BCUT2D eigenvalue weighted by atomic mass is 16.4. The van der Waals surface area contributed by atoms with Crippen molar-refractivity contribution < 1.29 is 14.7 Å². The van der Waals surface area contributed by atoms with E-state index in [-0.39, 0.29) is 5.91 Å². The molecule has 1 aliphatic heterocycles. The number of likely N-dealkylation sites (tertiary alicyclic amines) is 1. The number of aryl methyl sites for hydroxylation is 1. The summed E-state index contributed by atoms with van der Waals surface area (Å²) in [4.78, 5) is 30.0. The summed E-state index contributed by atoms with van der Waals surface area (Å²) >= 11 is 0. The van der Waals surface area contributed by atoms with Gasteiger partial charge in [0.1, 0.15) is 11.9 Å². The second kappa shape index (κ2) is 8.37. The van der Waals surface area contributed by atoms with Crippen molar-refractivity contribution in [3.05, 3.63) is 72.3 Å². The van der Waals surface area contributed by atoms with Gasteiger partial charge in [0.25, 0.3) is 0 Å². The van der Waals surface area contributed by atoms with Crippen LogP contribution in [-0.4, -0.2) is 39.6 Å². The van der Waals surface area contributed by atoms with Crippen LogP contribution in [0.4, 0.5) is 10.6 Å². The molecule has 2 heterocycles. The minimum atomic E-state index is -1.07. The third-order valence-electron chi connectivity index (χ3n) is 5.33. The highest BCUT2D eigenvalue weighted by Crippen LogP contribution is 2.28. The third-order valence-corrected chi connectivity index (χ3v) is 5.33. The molecule has 1 aliphatic rings. The van der Waals surface area contributed by atoms with Gasteiger partial charge in [0.15, 0.2) is 0 Å². The Kier molecular flexibility index (Phi) is 5.48. The van der Waals surface area contributed by atoms with E-state index in [1.54, 1.807) is 0 Å². The smallest absolute Gasteiger partial charge is 0.407 e. The summed E-state index contributed by atoms with van der Waals surface area (Å²) in [5.74, 6) is 0.0663. The fourth-order valence-electron chi connectivity index (χ4n) is 3.74. The van der Waals surface area contributed by atoms with Crippen LogP contribution in [0.2, 0.25) is 0 Å². The number of hydrogen-bond donors (Lipinski definition) is 2. The van der Waals surface area contributed by atoms with Gasteiger partial charge >= 0.3 is 6.09 Å². The predicted octanol–water partition coefficient (Wildman–Crippen LogP) is 4.80. The van der Waals surface area contributed by atoms with Crippen molar-refractivity contribution >= 4 is 17.8 Å². The van der Waals surface area contributed by atoms with Crippen LogP contribution in [0.3, 0.4) is 0 Å². The van der Waals surface area contributed by atoms with Gasteiger partial charge in [0.05, 0.1) is 5.69 Å². The molecule has 30 heavy (non-hydrogen) atoms. The van der Waals surface area contributed by atoms with E-state index in [0.717, 1.165) is 22.4 Å². The topological polar surface area (TPSA) is 82.5 Å². The number of carbonyl (C=O) groups excluding carboxylic acids is 1. The van der Waals surface area contributed by atoms with E-state index in [9.17, 15) is 14.7 Å². The number of amides is 2. The Bertz CT molecular complexity index is 1060. The lowest BCUT2D eigenvalue weighted by atomic mass is 10.0. The molecule has 6 nitrogen and oxygen atoms in total. The molecule has 4 rings (SSSR count). The van der Waals surface area contributed by atoms with Gasteiger partial charge in [0, 0.05) is 12.1 Å². The quantitative estimate of drug-likeness (QED) is 0.658. The zero-order valence-electron chi connectivity index (χ0n) is 16.7. The van der Waals surface area contributed by atoms with Crippen molar-refractivity contribution in [2.75, 3.05) is 11.9 Å². The summed E-state index contributed by atoms with van der Waals surface area (Å²) in [6, 6.07) is 21.1. The minimum Gasteiger partial charge on any atom is -0.465 e. The number of benzene rings is 2. The Morgan fingerprint density at radius 3 is 2.43 bits per heavy atom. The van der Waals surface area contributed by atoms with E-state index in [1.165, 1.54) is 10.5 Å². The zero-order chi connectivity index (χ0) is 21.1. The highest BCUT2D eigenvalue weighted by molar-refractivity contribution is 5.96. The lowest BCUT2D eigenvalue weighted by Gasteiger charge is -2.20. The Labute approximate surface area is 175 Å². The van der Waals surface area contributed by atoms with Crippen LogP contribution in [0.25, 0.3) is 22.4 Å². The molecule has 0 aliphatic carbocycles. The van der Waals surface area contributed by atoms with E-state index < -0.39 is 12.1 Å². The number of aromatic nitrogens is 1. The lowest BCUT2D eigenvalue weighted by molar-refractivity contribution is -0.119. The van der Waals surface area contributed by atoms with Gasteiger partial charge in [-0.1, -0.05) is 60.2 Å². The maximum Gasteiger partial charge on any atom is 0.407 e. The maximum atomic E-state index is 12.8. The summed E-state index contributed by atoms with van der Waals surface area (Å²) in [7, 11) is 0. The fourth-order valence-corrected chi connectivity index (χ4v) is 3.74. The molecule has 2 amide bonds. The summed E-state index contributed by atoms with van der Waals surface area (Å²) in [6.07, 6.45) is 0.122. The molecule has 0 saturated carbocycles. The maximum absolute atomic E-state index is 12.8.